The second kappa shape index (κ2) is 7.61. The van der Waals surface area contributed by atoms with E-state index in [1.165, 1.54) is 12.1 Å². The van der Waals surface area contributed by atoms with E-state index in [1.807, 2.05) is 47.4 Å². The van der Waals surface area contributed by atoms with Gasteiger partial charge in [0.05, 0.1) is 17.7 Å². The lowest BCUT2D eigenvalue weighted by molar-refractivity contribution is -0.115. The zero-order valence-corrected chi connectivity index (χ0v) is 16.9. The van der Waals surface area contributed by atoms with Crippen LogP contribution in [0.5, 0.6) is 0 Å². The molecule has 0 unspecified atom stereocenters. The number of anilines is 2. The van der Waals surface area contributed by atoms with Crippen LogP contribution in [0.15, 0.2) is 76.5 Å². The van der Waals surface area contributed by atoms with Crippen LogP contribution in [0.25, 0.3) is 0 Å². The normalized spacial score (nSPS) is 15.2. The van der Waals surface area contributed by atoms with Gasteiger partial charge in [0.1, 0.15) is 5.82 Å². The van der Waals surface area contributed by atoms with Crippen molar-refractivity contribution in [1.82, 2.24) is 0 Å². The van der Waals surface area contributed by atoms with Crippen molar-refractivity contribution in [2.24, 2.45) is 0 Å². The number of nitrogens with one attached hydrogen (secondary N) is 1. The quantitative estimate of drug-likeness (QED) is 0.627. The van der Waals surface area contributed by atoms with E-state index < -0.39 is 0 Å². The Kier molecular flexibility index (Phi) is 4.79. The van der Waals surface area contributed by atoms with Crippen molar-refractivity contribution in [2.75, 3.05) is 10.2 Å². The number of nitrogens with zero attached hydrogens (tertiary/aromatic N) is 1. The first-order valence-electron chi connectivity index (χ1n) is 9.87. The standard InChI is InChI=1S/C24H19FN2O2S/c25-16-7-5-15(6-8-16)13-23(28)26-17-9-12-20-22(14-17)30-21-4-2-1-3-19(21)24(29)27(20)18-10-11-18/h1-9,12,14,18H,10-11,13H2,(H,26,28). The van der Waals surface area contributed by atoms with E-state index in [-0.39, 0.29) is 30.1 Å². The third kappa shape index (κ3) is 3.71. The zero-order valence-electron chi connectivity index (χ0n) is 16.1. The maximum absolute atomic E-state index is 13.2. The summed E-state index contributed by atoms with van der Waals surface area (Å²) in [6.07, 6.45) is 2.18. The number of carbonyl (C=O) groups is 2. The summed E-state index contributed by atoms with van der Waals surface area (Å²) in [5, 5.41) is 2.92. The summed E-state index contributed by atoms with van der Waals surface area (Å²) in [6, 6.07) is 19.5. The molecule has 5 rings (SSSR count). The van der Waals surface area contributed by atoms with Crippen molar-refractivity contribution in [2.45, 2.75) is 35.1 Å². The molecule has 0 radical (unpaired) electrons. The van der Waals surface area contributed by atoms with Gasteiger partial charge < -0.3 is 10.2 Å². The van der Waals surface area contributed by atoms with E-state index in [1.54, 1.807) is 23.9 Å². The lowest BCUT2D eigenvalue weighted by Gasteiger charge is -2.23. The minimum absolute atomic E-state index is 0.0347. The summed E-state index contributed by atoms with van der Waals surface area (Å²) in [5.41, 5.74) is 3.03. The fraction of sp³-hybridized carbons (Fsp3) is 0.167. The second-order valence-electron chi connectivity index (χ2n) is 7.54. The van der Waals surface area contributed by atoms with E-state index in [4.69, 9.17) is 0 Å². The SMILES string of the molecule is O=C(Cc1ccc(F)cc1)Nc1ccc2c(c1)Sc1ccccc1C(=O)N2C1CC1. The van der Waals surface area contributed by atoms with E-state index in [9.17, 15) is 14.0 Å². The molecule has 6 heteroatoms. The van der Waals surface area contributed by atoms with Gasteiger partial charge in [-0.2, -0.15) is 0 Å². The van der Waals surface area contributed by atoms with E-state index >= 15 is 0 Å². The average Bonchev–Trinajstić information content (AvgIpc) is 3.57. The summed E-state index contributed by atoms with van der Waals surface area (Å²) in [5.74, 6) is -0.458. The van der Waals surface area contributed by atoms with Gasteiger partial charge in [0.25, 0.3) is 5.91 Å². The number of amides is 2. The monoisotopic (exact) mass is 418 g/mol. The van der Waals surface area contributed by atoms with E-state index in [2.05, 4.69) is 5.32 Å². The molecule has 1 aliphatic carbocycles. The van der Waals surface area contributed by atoms with Crippen LogP contribution in [0.1, 0.15) is 28.8 Å². The van der Waals surface area contributed by atoms with E-state index in [0.717, 1.165) is 33.9 Å². The van der Waals surface area contributed by atoms with Gasteiger partial charge in [-0.05, 0) is 60.9 Å². The maximum Gasteiger partial charge on any atom is 0.259 e. The highest BCUT2D eigenvalue weighted by molar-refractivity contribution is 7.99. The van der Waals surface area contributed by atoms with Crippen molar-refractivity contribution in [3.8, 4) is 0 Å². The predicted molar refractivity (Wildman–Crippen MR) is 116 cm³/mol. The molecule has 4 nitrogen and oxygen atoms in total. The Morgan fingerprint density at radius 2 is 1.80 bits per heavy atom. The molecular formula is C24H19FN2O2S. The Hall–Kier alpha value is -3.12. The molecule has 2 aliphatic rings. The zero-order chi connectivity index (χ0) is 20.7. The summed E-state index contributed by atoms with van der Waals surface area (Å²) in [4.78, 5) is 29.4. The van der Waals surface area contributed by atoms with Crippen molar-refractivity contribution in [3.63, 3.8) is 0 Å². The number of hydrogen-bond donors (Lipinski definition) is 1. The highest BCUT2D eigenvalue weighted by Gasteiger charge is 2.38. The van der Waals surface area contributed by atoms with Crippen LogP contribution in [0.2, 0.25) is 0 Å². The van der Waals surface area contributed by atoms with Gasteiger partial charge in [-0.1, -0.05) is 36.0 Å². The van der Waals surface area contributed by atoms with Crippen LogP contribution in [0, 0.1) is 5.82 Å². The largest absolute Gasteiger partial charge is 0.326 e. The Labute approximate surface area is 178 Å². The number of rotatable bonds is 4. The second-order valence-corrected chi connectivity index (χ2v) is 8.62. The molecule has 30 heavy (non-hydrogen) atoms. The smallest absolute Gasteiger partial charge is 0.259 e. The summed E-state index contributed by atoms with van der Waals surface area (Å²) in [6.45, 7) is 0. The lowest BCUT2D eigenvalue weighted by Crippen LogP contribution is -2.32. The predicted octanol–water partition coefficient (Wildman–Crippen LogP) is 5.28. The first kappa shape index (κ1) is 18.9. The molecule has 150 valence electrons. The molecule has 3 aromatic rings. The Balaban J connectivity index is 1.43. The highest BCUT2D eigenvalue weighted by Crippen LogP contribution is 2.46. The molecule has 1 saturated carbocycles. The van der Waals surface area contributed by atoms with Gasteiger partial charge in [0.15, 0.2) is 0 Å². The van der Waals surface area contributed by atoms with Crippen LogP contribution in [-0.4, -0.2) is 17.9 Å². The molecule has 1 heterocycles. The van der Waals surface area contributed by atoms with Crippen LogP contribution in [0.4, 0.5) is 15.8 Å². The van der Waals surface area contributed by atoms with Crippen LogP contribution in [-0.2, 0) is 11.2 Å². The fourth-order valence-corrected chi connectivity index (χ4v) is 4.76. The molecule has 0 spiro atoms. The number of halogens is 1. The molecule has 1 fully saturated rings. The third-order valence-corrected chi connectivity index (χ3v) is 6.37. The highest BCUT2D eigenvalue weighted by atomic mass is 32.2. The van der Waals surface area contributed by atoms with Gasteiger partial charge in [0.2, 0.25) is 5.91 Å². The summed E-state index contributed by atoms with van der Waals surface area (Å²) >= 11 is 1.55. The minimum atomic E-state index is -0.322. The van der Waals surface area contributed by atoms with Crippen LogP contribution >= 0.6 is 11.8 Å². The van der Waals surface area contributed by atoms with Gasteiger partial charge in [-0.15, -0.1) is 0 Å². The first-order valence-corrected chi connectivity index (χ1v) is 10.7. The Morgan fingerprint density at radius 1 is 1.03 bits per heavy atom. The molecule has 3 aromatic carbocycles. The number of fused-ring (bicyclic) bond motifs is 2. The molecule has 1 N–H and O–H groups in total. The molecule has 0 bridgehead atoms. The van der Waals surface area contributed by atoms with Gasteiger partial charge in [-0.25, -0.2) is 4.39 Å². The molecule has 0 atom stereocenters. The molecule has 1 aliphatic heterocycles. The number of benzene rings is 3. The van der Waals surface area contributed by atoms with Crippen LogP contribution in [0.3, 0.4) is 0 Å². The first-order chi connectivity index (χ1) is 14.6. The molecule has 0 aromatic heterocycles. The number of carbonyl (C=O) groups excluding carboxylic acids is 2. The van der Waals surface area contributed by atoms with Crippen molar-refractivity contribution in [1.29, 1.82) is 0 Å². The summed E-state index contributed by atoms with van der Waals surface area (Å²) in [7, 11) is 0. The van der Waals surface area contributed by atoms with Crippen LogP contribution < -0.4 is 10.2 Å². The van der Waals surface area contributed by atoms with Crippen molar-refractivity contribution in [3.05, 3.63) is 83.7 Å². The maximum atomic E-state index is 13.2. The summed E-state index contributed by atoms with van der Waals surface area (Å²) < 4.78 is 13.1. The van der Waals surface area contributed by atoms with Gasteiger partial charge in [0, 0.05) is 21.5 Å². The van der Waals surface area contributed by atoms with Crippen molar-refractivity contribution >= 4 is 35.0 Å². The molecule has 2 amide bonds. The van der Waals surface area contributed by atoms with Crippen molar-refractivity contribution < 1.29 is 14.0 Å². The van der Waals surface area contributed by atoms with Gasteiger partial charge >= 0.3 is 0 Å². The van der Waals surface area contributed by atoms with Gasteiger partial charge in [-0.3, -0.25) is 9.59 Å². The Bertz CT molecular complexity index is 1140. The average molecular weight is 418 g/mol. The molecule has 0 saturated heterocycles. The topological polar surface area (TPSA) is 49.4 Å². The lowest BCUT2D eigenvalue weighted by atomic mass is 10.1. The number of hydrogen-bond acceptors (Lipinski definition) is 3. The fourth-order valence-electron chi connectivity index (χ4n) is 3.65. The van der Waals surface area contributed by atoms with E-state index in [0.29, 0.717) is 11.3 Å². The molecular weight excluding hydrogens is 399 g/mol. The minimum Gasteiger partial charge on any atom is -0.326 e. The Morgan fingerprint density at radius 3 is 2.57 bits per heavy atom. The third-order valence-electron chi connectivity index (χ3n) is 5.25.